The number of carbonyl (C=O) groups excluding carboxylic acids is 1. The third-order valence-electron chi connectivity index (χ3n) is 2.94. The SMILES string of the molecule is CN(CC1CNCCO1)C(=O)c1cc(F)cc(Br)c1. The van der Waals surface area contributed by atoms with Crippen LogP contribution >= 0.6 is 15.9 Å². The van der Waals surface area contributed by atoms with Crippen molar-refractivity contribution in [2.24, 2.45) is 0 Å². The van der Waals surface area contributed by atoms with Crippen molar-refractivity contribution < 1.29 is 13.9 Å². The number of ether oxygens (including phenoxy) is 1. The molecule has 0 spiro atoms. The fourth-order valence-corrected chi connectivity index (χ4v) is 2.49. The first-order valence-electron chi connectivity index (χ1n) is 6.10. The lowest BCUT2D eigenvalue weighted by Crippen LogP contribution is -2.45. The summed E-state index contributed by atoms with van der Waals surface area (Å²) < 4.78 is 19.4. The van der Waals surface area contributed by atoms with Crippen LogP contribution in [0.1, 0.15) is 10.4 Å². The lowest BCUT2D eigenvalue weighted by atomic mass is 10.2. The molecule has 1 aromatic rings. The summed E-state index contributed by atoms with van der Waals surface area (Å²) in [4.78, 5) is 13.7. The van der Waals surface area contributed by atoms with Crippen LogP contribution in [0, 0.1) is 5.82 Å². The number of morpholine rings is 1. The lowest BCUT2D eigenvalue weighted by Gasteiger charge is -2.28. The highest BCUT2D eigenvalue weighted by Gasteiger charge is 2.20. The van der Waals surface area contributed by atoms with Gasteiger partial charge in [-0.1, -0.05) is 15.9 Å². The molecule has 0 aromatic heterocycles. The van der Waals surface area contributed by atoms with Gasteiger partial charge >= 0.3 is 0 Å². The molecule has 1 N–H and O–H groups in total. The minimum atomic E-state index is -0.429. The van der Waals surface area contributed by atoms with Crippen molar-refractivity contribution in [1.29, 1.82) is 0 Å². The Labute approximate surface area is 120 Å². The van der Waals surface area contributed by atoms with E-state index in [4.69, 9.17) is 4.74 Å². The Morgan fingerprint density at radius 1 is 1.58 bits per heavy atom. The topological polar surface area (TPSA) is 41.6 Å². The molecule has 1 aliphatic rings. The molecule has 4 nitrogen and oxygen atoms in total. The zero-order chi connectivity index (χ0) is 13.8. The smallest absolute Gasteiger partial charge is 0.253 e. The van der Waals surface area contributed by atoms with E-state index in [1.807, 2.05) is 0 Å². The quantitative estimate of drug-likeness (QED) is 0.916. The number of hydrogen-bond acceptors (Lipinski definition) is 3. The van der Waals surface area contributed by atoms with Crippen LogP contribution < -0.4 is 5.32 Å². The first-order chi connectivity index (χ1) is 9.06. The number of nitrogens with zero attached hydrogens (tertiary/aromatic N) is 1. The summed E-state index contributed by atoms with van der Waals surface area (Å²) in [5, 5.41) is 3.21. The zero-order valence-corrected chi connectivity index (χ0v) is 12.2. The van der Waals surface area contributed by atoms with E-state index in [-0.39, 0.29) is 12.0 Å². The van der Waals surface area contributed by atoms with Crippen molar-refractivity contribution >= 4 is 21.8 Å². The molecule has 0 bridgehead atoms. The Kier molecular flexibility index (Phi) is 4.90. The maximum Gasteiger partial charge on any atom is 0.253 e. The minimum absolute atomic E-state index is 0.0142. The van der Waals surface area contributed by atoms with Crippen LogP contribution in [0.2, 0.25) is 0 Å². The zero-order valence-electron chi connectivity index (χ0n) is 10.7. The Morgan fingerprint density at radius 2 is 2.37 bits per heavy atom. The summed E-state index contributed by atoms with van der Waals surface area (Å²) >= 11 is 3.18. The Balaban J connectivity index is 2.01. The van der Waals surface area contributed by atoms with Crippen molar-refractivity contribution in [3.05, 3.63) is 34.1 Å². The highest BCUT2D eigenvalue weighted by Crippen LogP contribution is 2.16. The number of halogens is 2. The molecular formula is C13H16BrFN2O2. The average molecular weight is 331 g/mol. The van der Waals surface area contributed by atoms with E-state index >= 15 is 0 Å². The maximum atomic E-state index is 13.3. The first kappa shape index (κ1) is 14.4. The summed E-state index contributed by atoms with van der Waals surface area (Å²) in [6.07, 6.45) is -0.0142. The van der Waals surface area contributed by atoms with Gasteiger partial charge in [0, 0.05) is 36.7 Å². The van der Waals surface area contributed by atoms with Crippen LogP contribution in [-0.4, -0.2) is 50.2 Å². The van der Waals surface area contributed by atoms with E-state index in [1.165, 1.54) is 12.1 Å². The number of carbonyl (C=O) groups is 1. The fraction of sp³-hybridized carbons (Fsp3) is 0.462. The second-order valence-electron chi connectivity index (χ2n) is 4.54. The summed E-state index contributed by atoms with van der Waals surface area (Å²) in [6, 6.07) is 4.18. The summed E-state index contributed by atoms with van der Waals surface area (Å²) in [6.45, 7) is 2.70. The van der Waals surface area contributed by atoms with Crippen LogP contribution in [0.3, 0.4) is 0 Å². The van der Waals surface area contributed by atoms with Crippen LogP contribution in [0.15, 0.2) is 22.7 Å². The number of likely N-dealkylation sites (N-methyl/N-ethyl adjacent to an activating group) is 1. The number of hydrogen-bond donors (Lipinski definition) is 1. The van der Waals surface area contributed by atoms with Crippen LogP contribution in [-0.2, 0) is 4.74 Å². The first-order valence-corrected chi connectivity index (χ1v) is 6.89. The molecule has 1 heterocycles. The highest BCUT2D eigenvalue weighted by molar-refractivity contribution is 9.10. The summed E-state index contributed by atoms with van der Waals surface area (Å²) in [5.74, 6) is -0.643. The molecule has 6 heteroatoms. The van der Waals surface area contributed by atoms with Gasteiger partial charge in [0.1, 0.15) is 5.82 Å². The molecule has 1 aliphatic heterocycles. The van der Waals surface area contributed by atoms with Gasteiger partial charge in [0.25, 0.3) is 5.91 Å². The predicted molar refractivity (Wildman–Crippen MR) is 73.7 cm³/mol. The van der Waals surface area contributed by atoms with Crippen molar-refractivity contribution in [3.63, 3.8) is 0 Å². The standard InChI is InChI=1S/C13H16BrFN2O2/c1-17(8-12-7-16-2-3-19-12)13(18)9-4-10(14)6-11(15)5-9/h4-6,12,16H,2-3,7-8H2,1H3. The van der Waals surface area contributed by atoms with E-state index in [1.54, 1.807) is 18.0 Å². The molecule has 1 fully saturated rings. The molecule has 1 amide bonds. The van der Waals surface area contributed by atoms with Gasteiger partial charge in [-0.3, -0.25) is 4.79 Å². The van der Waals surface area contributed by atoms with E-state index in [0.717, 1.165) is 13.1 Å². The Hall–Kier alpha value is -0.980. The van der Waals surface area contributed by atoms with Gasteiger partial charge in [-0.25, -0.2) is 4.39 Å². The average Bonchev–Trinajstić information content (AvgIpc) is 2.37. The largest absolute Gasteiger partial charge is 0.374 e. The van der Waals surface area contributed by atoms with Crippen LogP contribution in [0.5, 0.6) is 0 Å². The number of benzene rings is 1. The van der Waals surface area contributed by atoms with Crippen LogP contribution in [0.4, 0.5) is 4.39 Å². The van der Waals surface area contributed by atoms with Crippen molar-refractivity contribution in [2.45, 2.75) is 6.10 Å². The molecule has 0 aliphatic carbocycles. The Morgan fingerprint density at radius 3 is 3.00 bits per heavy atom. The van der Waals surface area contributed by atoms with Gasteiger partial charge in [0.2, 0.25) is 0 Å². The molecule has 1 saturated heterocycles. The molecule has 1 unspecified atom stereocenters. The molecule has 1 aromatic carbocycles. The van der Waals surface area contributed by atoms with E-state index in [0.29, 0.717) is 23.2 Å². The van der Waals surface area contributed by atoms with Gasteiger partial charge in [-0.2, -0.15) is 0 Å². The minimum Gasteiger partial charge on any atom is -0.374 e. The fourth-order valence-electron chi connectivity index (χ4n) is 2.02. The molecule has 2 rings (SSSR count). The van der Waals surface area contributed by atoms with Gasteiger partial charge in [-0.15, -0.1) is 0 Å². The second-order valence-corrected chi connectivity index (χ2v) is 5.46. The number of amides is 1. The highest BCUT2D eigenvalue weighted by atomic mass is 79.9. The predicted octanol–water partition coefficient (Wildman–Crippen LogP) is 1.65. The van der Waals surface area contributed by atoms with Gasteiger partial charge in [0.15, 0.2) is 0 Å². The molecule has 0 radical (unpaired) electrons. The van der Waals surface area contributed by atoms with E-state index in [9.17, 15) is 9.18 Å². The van der Waals surface area contributed by atoms with Crippen molar-refractivity contribution in [2.75, 3.05) is 33.3 Å². The van der Waals surface area contributed by atoms with Crippen LogP contribution in [0.25, 0.3) is 0 Å². The molecular weight excluding hydrogens is 315 g/mol. The van der Waals surface area contributed by atoms with Gasteiger partial charge in [0.05, 0.1) is 12.7 Å². The molecule has 0 saturated carbocycles. The van der Waals surface area contributed by atoms with Crippen molar-refractivity contribution in [1.82, 2.24) is 10.2 Å². The molecule has 19 heavy (non-hydrogen) atoms. The third-order valence-corrected chi connectivity index (χ3v) is 3.40. The summed E-state index contributed by atoms with van der Waals surface area (Å²) in [5.41, 5.74) is 0.332. The second kappa shape index (κ2) is 6.45. The maximum absolute atomic E-state index is 13.3. The summed E-state index contributed by atoms with van der Waals surface area (Å²) in [7, 11) is 1.69. The monoisotopic (exact) mass is 330 g/mol. The molecule has 1 atom stereocenters. The number of nitrogens with one attached hydrogen (secondary N) is 1. The molecule has 104 valence electrons. The van der Waals surface area contributed by atoms with Gasteiger partial charge < -0.3 is 15.0 Å². The third kappa shape index (κ3) is 3.99. The Bertz CT molecular complexity index is 444. The number of rotatable bonds is 3. The van der Waals surface area contributed by atoms with E-state index < -0.39 is 5.82 Å². The van der Waals surface area contributed by atoms with Crippen molar-refractivity contribution in [3.8, 4) is 0 Å². The van der Waals surface area contributed by atoms with E-state index in [2.05, 4.69) is 21.2 Å². The normalized spacial score (nSPS) is 19.2. The van der Waals surface area contributed by atoms with Gasteiger partial charge in [-0.05, 0) is 18.2 Å². The lowest BCUT2D eigenvalue weighted by molar-refractivity contribution is 0.0104.